The molecule has 0 fully saturated rings. The molecular weight excluding hydrogens is 428 g/mol. The fraction of sp³-hybridized carbons (Fsp3) is 0.200. The van der Waals surface area contributed by atoms with E-state index in [0.717, 1.165) is 17.0 Å². The van der Waals surface area contributed by atoms with Crippen molar-refractivity contribution in [1.82, 2.24) is 14.8 Å². The number of thiophene rings is 1. The molecular formula is C20H17F2N5O3S. The van der Waals surface area contributed by atoms with Crippen molar-refractivity contribution < 1.29 is 22.8 Å². The number of hydrogen-bond donors (Lipinski definition) is 2. The van der Waals surface area contributed by atoms with Gasteiger partial charge in [0.1, 0.15) is 27.2 Å². The molecule has 0 spiro atoms. The molecule has 4 rings (SSSR count). The van der Waals surface area contributed by atoms with Gasteiger partial charge in [-0.2, -0.15) is 5.10 Å². The molecule has 0 saturated carbocycles. The van der Waals surface area contributed by atoms with Crippen molar-refractivity contribution in [3.8, 4) is 11.3 Å². The first-order valence-electron chi connectivity index (χ1n) is 9.18. The number of hydrogen-bond acceptors (Lipinski definition) is 6. The minimum Gasteiger partial charge on any atom is -0.464 e. The van der Waals surface area contributed by atoms with E-state index in [1.165, 1.54) is 17.0 Å². The van der Waals surface area contributed by atoms with E-state index in [-0.39, 0.29) is 26.7 Å². The fourth-order valence-corrected chi connectivity index (χ4v) is 4.29. The Labute approximate surface area is 178 Å². The van der Waals surface area contributed by atoms with Gasteiger partial charge in [0.25, 0.3) is 12.3 Å². The van der Waals surface area contributed by atoms with Gasteiger partial charge in [-0.25, -0.2) is 13.8 Å². The number of aryl methyl sites for hydroxylation is 1. The molecule has 31 heavy (non-hydrogen) atoms. The van der Waals surface area contributed by atoms with E-state index in [2.05, 4.69) is 15.4 Å². The summed E-state index contributed by atoms with van der Waals surface area (Å²) in [5.74, 6) is -0.989. The van der Waals surface area contributed by atoms with Crippen LogP contribution in [-0.2, 0) is 4.79 Å². The summed E-state index contributed by atoms with van der Waals surface area (Å²) in [5, 5.41) is 7.15. The maximum atomic E-state index is 13.4. The van der Waals surface area contributed by atoms with Crippen LogP contribution >= 0.6 is 11.3 Å². The Bertz CT molecular complexity index is 1280. The predicted molar refractivity (Wildman–Crippen MR) is 111 cm³/mol. The molecule has 1 unspecified atom stereocenters. The van der Waals surface area contributed by atoms with Gasteiger partial charge in [0.2, 0.25) is 5.91 Å². The standard InChI is InChI=1S/C20H17F2N5O3S/c1-9-5-6-24-27(9)10(2)19(29)26-15-14-11(13-4-3-7-30-13)8-12(17(21)22)25-20(14)31-16(15)18(23)28/h3-8,10,17H,1-2H3,(H2,23,28)(H,26,29). The Morgan fingerprint density at radius 1 is 1.32 bits per heavy atom. The quantitative estimate of drug-likeness (QED) is 0.459. The summed E-state index contributed by atoms with van der Waals surface area (Å²) in [6.45, 7) is 3.45. The lowest BCUT2D eigenvalue weighted by Crippen LogP contribution is -2.26. The Kier molecular flexibility index (Phi) is 5.27. The first kappa shape index (κ1) is 20.7. The second-order valence-corrected chi connectivity index (χ2v) is 7.80. The maximum absolute atomic E-state index is 13.4. The summed E-state index contributed by atoms with van der Waals surface area (Å²) < 4.78 is 33.8. The summed E-state index contributed by atoms with van der Waals surface area (Å²) in [7, 11) is 0. The number of rotatable bonds is 6. The van der Waals surface area contributed by atoms with Crippen molar-refractivity contribution in [3.63, 3.8) is 0 Å². The lowest BCUT2D eigenvalue weighted by molar-refractivity contribution is -0.119. The molecule has 4 aromatic heterocycles. The van der Waals surface area contributed by atoms with Crippen LogP contribution in [0.1, 0.15) is 40.5 Å². The van der Waals surface area contributed by atoms with Crippen LogP contribution in [0.3, 0.4) is 0 Å². The molecule has 0 aliphatic carbocycles. The molecule has 0 saturated heterocycles. The molecule has 160 valence electrons. The van der Waals surface area contributed by atoms with Crippen molar-refractivity contribution in [2.45, 2.75) is 26.3 Å². The molecule has 1 atom stereocenters. The number of carbonyl (C=O) groups is 2. The zero-order chi connectivity index (χ0) is 22.3. The number of amides is 2. The number of nitrogens with two attached hydrogens (primary N) is 1. The third-order valence-electron chi connectivity index (χ3n) is 4.78. The van der Waals surface area contributed by atoms with Gasteiger partial charge < -0.3 is 15.5 Å². The Morgan fingerprint density at radius 3 is 2.68 bits per heavy atom. The Morgan fingerprint density at radius 2 is 2.10 bits per heavy atom. The van der Waals surface area contributed by atoms with Crippen LogP contribution in [0.4, 0.5) is 14.5 Å². The summed E-state index contributed by atoms with van der Waals surface area (Å²) in [5.41, 5.74) is 6.19. The lowest BCUT2D eigenvalue weighted by atomic mass is 10.1. The largest absolute Gasteiger partial charge is 0.464 e. The van der Waals surface area contributed by atoms with Gasteiger partial charge in [0, 0.05) is 22.8 Å². The number of nitrogens with zero attached hydrogens (tertiary/aromatic N) is 3. The van der Waals surface area contributed by atoms with Gasteiger partial charge >= 0.3 is 0 Å². The van der Waals surface area contributed by atoms with Gasteiger partial charge in [0.15, 0.2) is 0 Å². The summed E-state index contributed by atoms with van der Waals surface area (Å²) in [6.07, 6.45) is 0.128. The Balaban J connectivity index is 1.89. The number of halogens is 2. The zero-order valence-corrected chi connectivity index (χ0v) is 17.2. The number of primary amides is 1. The second-order valence-electron chi connectivity index (χ2n) is 6.81. The normalized spacial score (nSPS) is 12.4. The topological polar surface area (TPSA) is 116 Å². The number of pyridine rings is 1. The smallest absolute Gasteiger partial charge is 0.280 e. The molecule has 0 aliphatic rings. The van der Waals surface area contributed by atoms with E-state index >= 15 is 0 Å². The lowest BCUT2D eigenvalue weighted by Gasteiger charge is -2.15. The fourth-order valence-electron chi connectivity index (χ4n) is 3.27. The predicted octanol–water partition coefficient (Wildman–Crippen LogP) is 4.30. The third kappa shape index (κ3) is 3.67. The van der Waals surface area contributed by atoms with Crippen LogP contribution < -0.4 is 11.1 Å². The molecule has 0 aliphatic heterocycles. The van der Waals surface area contributed by atoms with Crippen molar-refractivity contribution in [2.24, 2.45) is 5.73 Å². The first-order chi connectivity index (χ1) is 14.8. The zero-order valence-electron chi connectivity index (χ0n) is 16.4. The van der Waals surface area contributed by atoms with Crippen LogP contribution in [0.5, 0.6) is 0 Å². The van der Waals surface area contributed by atoms with Gasteiger partial charge in [0.05, 0.1) is 12.0 Å². The molecule has 3 N–H and O–H groups in total. The van der Waals surface area contributed by atoms with Crippen LogP contribution in [0.2, 0.25) is 0 Å². The van der Waals surface area contributed by atoms with Crippen molar-refractivity contribution >= 4 is 39.1 Å². The molecule has 0 bridgehead atoms. The third-order valence-corrected chi connectivity index (χ3v) is 5.88. The van der Waals surface area contributed by atoms with E-state index in [1.807, 2.05) is 0 Å². The van der Waals surface area contributed by atoms with Crippen molar-refractivity contribution in [1.29, 1.82) is 0 Å². The van der Waals surface area contributed by atoms with Gasteiger partial charge in [-0.3, -0.25) is 14.3 Å². The van der Waals surface area contributed by atoms with Crippen LogP contribution in [0, 0.1) is 6.92 Å². The van der Waals surface area contributed by atoms with Gasteiger partial charge in [-0.15, -0.1) is 11.3 Å². The Hall–Kier alpha value is -3.60. The molecule has 0 aromatic carbocycles. The van der Waals surface area contributed by atoms with Gasteiger partial charge in [-0.05, 0) is 38.1 Å². The van der Waals surface area contributed by atoms with Crippen LogP contribution in [-0.4, -0.2) is 26.6 Å². The summed E-state index contributed by atoms with van der Waals surface area (Å²) in [6, 6.07) is 5.42. The second kappa shape index (κ2) is 7.91. The first-order valence-corrected chi connectivity index (χ1v) is 9.99. The molecule has 0 radical (unpaired) electrons. The molecule has 4 aromatic rings. The minimum atomic E-state index is -2.84. The van der Waals surface area contributed by atoms with Crippen LogP contribution in [0.25, 0.3) is 21.5 Å². The number of carbonyl (C=O) groups excluding carboxylic acids is 2. The highest BCUT2D eigenvalue weighted by Gasteiger charge is 2.27. The summed E-state index contributed by atoms with van der Waals surface area (Å²) >= 11 is 0.832. The monoisotopic (exact) mass is 445 g/mol. The van der Waals surface area contributed by atoms with Crippen molar-refractivity contribution in [2.75, 3.05) is 5.32 Å². The highest BCUT2D eigenvalue weighted by molar-refractivity contribution is 7.21. The molecule has 2 amide bonds. The number of furan rings is 1. The number of aromatic nitrogens is 3. The van der Waals surface area contributed by atoms with E-state index in [0.29, 0.717) is 5.39 Å². The maximum Gasteiger partial charge on any atom is 0.280 e. The van der Waals surface area contributed by atoms with Gasteiger partial charge in [-0.1, -0.05) is 0 Å². The number of fused-ring (bicyclic) bond motifs is 1. The van der Waals surface area contributed by atoms with Crippen LogP contribution in [0.15, 0.2) is 41.1 Å². The number of alkyl halides is 2. The summed E-state index contributed by atoms with van der Waals surface area (Å²) in [4.78, 5) is 29.2. The number of nitrogens with one attached hydrogen (secondary N) is 1. The number of anilines is 1. The molecule has 8 nitrogen and oxygen atoms in total. The average Bonchev–Trinajstić information content (AvgIpc) is 3.46. The van der Waals surface area contributed by atoms with E-state index < -0.39 is 30.0 Å². The van der Waals surface area contributed by atoms with E-state index in [1.54, 1.807) is 38.2 Å². The molecule has 4 heterocycles. The van der Waals surface area contributed by atoms with Crippen molar-refractivity contribution in [3.05, 3.63) is 53.0 Å². The average molecular weight is 445 g/mol. The minimum absolute atomic E-state index is 0.000500. The van der Waals surface area contributed by atoms with E-state index in [4.69, 9.17) is 10.2 Å². The SMILES string of the molecule is Cc1ccnn1C(C)C(=O)Nc1c(C(N)=O)sc2nc(C(F)F)cc(-c3ccco3)c12. The highest BCUT2D eigenvalue weighted by Crippen LogP contribution is 2.42. The highest BCUT2D eigenvalue weighted by atomic mass is 32.1. The molecule has 11 heteroatoms. The van der Waals surface area contributed by atoms with E-state index in [9.17, 15) is 18.4 Å².